The molecule has 0 N–H and O–H groups in total. The van der Waals surface area contributed by atoms with Crippen LogP contribution in [0.25, 0.3) is 0 Å². The minimum Gasteiger partial charge on any atom is -0.467 e. The van der Waals surface area contributed by atoms with Crippen molar-refractivity contribution in [3.8, 4) is 0 Å². The molecule has 0 aromatic rings. The monoisotopic (exact) mass is 186 g/mol. The highest BCUT2D eigenvalue weighted by Gasteiger charge is 2.14. The molecule has 4 heteroatoms. The summed E-state index contributed by atoms with van der Waals surface area (Å²) in [4.78, 5) is 14.7. The van der Waals surface area contributed by atoms with Crippen LogP contribution >= 0.6 is 0 Å². The van der Waals surface area contributed by atoms with Crippen molar-refractivity contribution in [1.29, 1.82) is 0 Å². The quantitative estimate of drug-likeness (QED) is 0.439. The molecular weight excluding hydrogens is 168 g/mol. The van der Waals surface area contributed by atoms with Gasteiger partial charge in [-0.05, 0) is 6.54 Å². The molecule has 1 aliphatic rings. The molecule has 4 nitrogen and oxygen atoms in total. The summed E-state index contributed by atoms with van der Waals surface area (Å²) < 4.78 is 4.65. The van der Waals surface area contributed by atoms with Crippen LogP contribution in [0.3, 0.4) is 0 Å². The second-order valence-electron chi connectivity index (χ2n) is 3.24. The third-order valence-corrected chi connectivity index (χ3v) is 2.51. The average Bonchev–Trinajstić information content (AvgIpc) is 2.19. The van der Waals surface area contributed by atoms with Crippen LogP contribution in [0.1, 0.15) is 6.92 Å². The number of carbonyl (C=O) groups is 1. The Morgan fingerprint density at radius 3 is 2.38 bits per heavy atom. The van der Waals surface area contributed by atoms with Gasteiger partial charge in [-0.1, -0.05) is 6.92 Å². The van der Waals surface area contributed by atoms with Crippen molar-refractivity contribution in [3.63, 3.8) is 0 Å². The van der Waals surface area contributed by atoms with E-state index in [0.717, 1.165) is 39.3 Å². The number of hydrogen-bond donors (Lipinski definition) is 0. The summed E-state index contributed by atoms with van der Waals surface area (Å²) >= 11 is 0. The minimum atomic E-state index is 0.516. The maximum absolute atomic E-state index is 9.90. The van der Waals surface area contributed by atoms with E-state index in [9.17, 15) is 4.79 Å². The zero-order valence-corrected chi connectivity index (χ0v) is 8.24. The Morgan fingerprint density at radius 1 is 1.23 bits per heavy atom. The van der Waals surface area contributed by atoms with Crippen LogP contribution in [0.5, 0.6) is 0 Å². The normalized spacial score (nSPS) is 20.1. The Kier molecular flexibility index (Phi) is 4.78. The molecule has 0 spiro atoms. The molecule has 1 fully saturated rings. The van der Waals surface area contributed by atoms with Gasteiger partial charge in [0.1, 0.15) is 6.61 Å². The van der Waals surface area contributed by atoms with Crippen LogP contribution in [0.4, 0.5) is 0 Å². The highest BCUT2D eigenvalue weighted by Crippen LogP contribution is 1.99. The van der Waals surface area contributed by atoms with Crippen molar-refractivity contribution in [2.45, 2.75) is 6.92 Å². The smallest absolute Gasteiger partial charge is 0.293 e. The standard InChI is InChI=1S/C9H18N2O2/c1-2-10-3-5-11(6-4-10)7-8-13-9-12/h9H,2-8H2,1H3. The van der Waals surface area contributed by atoms with E-state index in [4.69, 9.17) is 0 Å². The van der Waals surface area contributed by atoms with Crippen LogP contribution in [0.15, 0.2) is 0 Å². The molecule has 1 heterocycles. The molecule has 0 bridgehead atoms. The predicted molar refractivity (Wildman–Crippen MR) is 50.6 cm³/mol. The van der Waals surface area contributed by atoms with Crippen molar-refractivity contribution in [2.75, 3.05) is 45.9 Å². The highest BCUT2D eigenvalue weighted by atomic mass is 16.5. The van der Waals surface area contributed by atoms with E-state index in [1.165, 1.54) is 0 Å². The third kappa shape index (κ3) is 3.74. The fourth-order valence-electron chi connectivity index (χ4n) is 1.56. The van der Waals surface area contributed by atoms with E-state index in [-0.39, 0.29) is 0 Å². The first-order valence-electron chi connectivity index (χ1n) is 4.86. The molecule has 1 rings (SSSR count). The van der Waals surface area contributed by atoms with E-state index in [0.29, 0.717) is 13.1 Å². The van der Waals surface area contributed by atoms with Crippen molar-refractivity contribution < 1.29 is 9.53 Å². The van der Waals surface area contributed by atoms with E-state index >= 15 is 0 Å². The molecule has 1 aliphatic heterocycles. The maximum atomic E-state index is 9.90. The van der Waals surface area contributed by atoms with Gasteiger partial charge in [0, 0.05) is 32.7 Å². The Morgan fingerprint density at radius 2 is 1.85 bits per heavy atom. The third-order valence-electron chi connectivity index (χ3n) is 2.51. The second kappa shape index (κ2) is 5.94. The molecule has 76 valence electrons. The maximum Gasteiger partial charge on any atom is 0.293 e. The van der Waals surface area contributed by atoms with Crippen LogP contribution < -0.4 is 0 Å². The molecule has 0 amide bonds. The lowest BCUT2D eigenvalue weighted by Gasteiger charge is -2.33. The van der Waals surface area contributed by atoms with E-state index in [2.05, 4.69) is 21.5 Å². The summed E-state index contributed by atoms with van der Waals surface area (Å²) in [5.74, 6) is 0. The summed E-state index contributed by atoms with van der Waals surface area (Å²) in [6, 6.07) is 0. The molecule has 1 saturated heterocycles. The molecule has 0 aromatic carbocycles. The Balaban J connectivity index is 2.06. The zero-order valence-electron chi connectivity index (χ0n) is 8.24. The molecule has 0 saturated carbocycles. The van der Waals surface area contributed by atoms with Gasteiger partial charge in [0.25, 0.3) is 6.47 Å². The largest absolute Gasteiger partial charge is 0.467 e. The first-order valence-corrected chi connectivity index (χ1v) is 4.86. The van der Waals surface area contributed by atoms with Gasteiger partial charge in [-0.3, -0.25) is 9.69 Å². The van der Waals surface area contributed by atoms with Gasteiger partial charge < -0.3 is 9.64 Å². The summed E-state index contributed by atoms with van der Waals surface area (Å²) in [5.41, 5.74) is 0. The topological polar surface area (TPSA) is 32.8 Å². The summed E-state index contributed by atoms with van der Waals surface area (Å²) in [5, 5.41) is 0. The van der Waals surface area contributed by atoms with Crippen molar-refractivity contribution >= 4 is 6.47 Å². The molecule has 13 heavy (non-hydrogen) atoms. The van der Waals surface area contributed by atoms with Gasteiger partial charge in [-0.15, -0.1) is 0 Å². The van der Waals surface area contributed by atoms with Crippen LogP contribution in [0.2, 0.25) is 0 Å². The number of likely N-dealkylation sites (N-methyl/N-ethyl adjacent to an activating group) is 1. The first kappa shape index (κ1) is 10.5. The van der Waals surface area contributed by atoms with Gasteiger partial charge in [-0.25, -0.2) is 0 Å². The van der Waals surface area contributed by atoms with Crippen molar-refractivity contribution in [3.05, 3.63) is 0 Å². The van der Waals surface area contributed by atoms with Gasteiger partial charge in [0.15, 0.2) is 0 Å². The fraction of sp³-hybridized carbons (Fsp3) is 0.889. The van der Waals surface area contributed by atoms with Gasteiger partial charge in [0.05, 0.1) is 0 Å². The predicted octanol–water partition coefficient (Wildman–Crippen LogP) is -0.203. The number of nitrogens with zero attached hydrogens (tertiary/aromatic N) is 2. The molecule has 0 radical (unpaired) electrons. The minimum absolute atomic E-state index is 0.516. The lowest BCUT2D eigenvalue weighted by atomic mass is 10.3. The van der Waals surface area contributed by atoms with Crippen molar-refractivity contribution in [1.82, 2.24) is 9.80 Å². The second-order valence-corrected chi connectivity index (χ2v) is 3.24. The number of hydrogen-bond acceptors (Lipinski definition) is 4. The Hall–Kier alpha value is -0.610. The summed E-state index contributed by atoms with van der Waals surface area (Å²) in [7, 11) is 0. The lowest BCUT2D eigenvalue weighted by molar-refractivity contribution is -0.129. The number of piperazine rings is 1. The average molecular weight is 186 g/mol. The van der Waals surface area contributed by atoms with Crippen LogP contribution in [-0.4, -0.2) is 62.1 Å². The van der Waals surface area contributed by atoms with Crippen LogP contribution in [0, 0.1) is 0 Å². The summed E-state index contributed by atoms with van der Waals surface area (Å²) in [6.45, 7) is 9.69. The fourth-order valence-corrected chi connectivity index (χ4v) is 1.56. The lowest BCUT2D eigenvalue weighted by Crippen LogP contribution is -2.46. The van der Waals surface area contributed by atoms with Crippen LogP contribution in [-0.2, 0) is 9.53 Å². The van der Waals surface area contributed by atoms with E-state index in [1.807, 2.05) is 0 Å². The molecule has 0 atom stereocenters. The summed E-state index contributed by atoms with van der Waals surface area (Å²) in [6.07, 6.45) is 0. The first-order chi connectivity index (χ1) is 6.36. The van der Waals surface area contributed by atoms with E-state index < -0.39 is 0 Å². The zero-order chi connectivity index (χ0) is 9.52. The van der Waals surface area contributed by atoms with Crippen molar-refractivity contribution in [2.24, 2.45) is 0 Å². The number of rotatable bonds is 5. The SMILES string of the molecule is CCN1CCN(CCOC=O)CC1. The molecule has 0 aliphatic carbocycles. The van der Waals surface area contributed by atoms with E-state index in [1.54, 1.807) is 0 Å². The highest BCUT2D eigenvalue weighted by molar-refractivity contribution is 5.36. The van der Waals surface area contributed by atoms with Gasteiger partial charge in [-0.2, -0.15) is 0 Å². The Bertz CT molecular complexity index is 145. The number of ether oxygens (including phenoxy) is 1. The molecule has 0 unspecified atom stereocenters. The molecular formula is C9H18N2O2. The molecule has 0 aromatic heterocycles. The van der Waals surface area contributed by atoms with Gasteiger partial charge in [0.2, 0.25) is 0 Å². The van der Waals surface area contributed by atoms with Gasteiger partial charge >= 0.3 is 0 Å². The number of carbonyl (C=O) groups excluding carboxylic acids is 1. The Labute approximate surface area is 79.4 Å².